The van der Waals surface area contributed by atoms with Crippen molar-refractivity contribution in [2.24, 2.45) is 7.05 Å². The maximum absolute atomic E-state index is 3.50. The molecule has 4 heteroatoms. The fourth-order valence-electron chi connectivity index (χ4n) is 1.85. The van der Waals surface area contributed by atoms with E-state index in [-0.39, 0.29) is 0 Å². The number of pyridine rings is 2. The number of hydrogen-bond donors (Lipinski definition) is 0. The summed E-state index contributed by atoms with van der Waals surface area (Å²) in [5.41, 5.74) is 2.41. The van der Waals surface area contributed by atoms with Crippen LogP contribution < -0.4 is 9.13 Å². The summed E-state index contributed by atoms with van der Waals surface area (Å²) >= 11 is 6.99. The van der Waals surface area contributed by atoms with Gasteiger partial charge in [0.2, 0.25) is 0 Å². The molecule has 0 aliphatic heterocycles. The van der Waals surface area contributed by atoms with Gasteiger partial charge in [0.25, 0.3) is 11.4 Å². The lowest BCUT2D eigenvalue weighted by molar-refractivity contribution is -0.703. The molecular weight excluding hydrogens is 344 g/mol. The minimum Gasteiger partial charge on any atom is -0.195 e. The summed E-state index contributed by atoms with van der Waals surface area (Å²) in [6.45, 7) is 3.10. The molecule has 0 fully saturated rings. The molecule has 0 spiro atoms. The topological polar surface area (TPSA) is 7.76 Å². The van der Waals surface area contributed by atoms with Crippen LogP contribution in [0.25, 0.3) is 11.4 Å². The van der Waals surface area contributed by atoms with Crippen LogP contribution in [-0.4, -0.2) is 0 Å². The van der Waals surface area contributed by atoms with Crippen LogP contribution >= 0.6 is 31.9 Å². The average molecular weight is 358 g/mol. The molecule has 2 heterocycles. The second-order valence-corrected chi connectivity index (χ2v) is 5.69. The number of halogens is 2. The molecule has 2 rings (SSSR count). The minimum atomic E-state index is 0.949. The molecule has 0 unspecified atom stereocenters. The van der Waals surface area contributed by atoms with Crippen LogP contribution in [0, 0.1) is 0 Å². The predicted molar refractivity (Wildman–Crippen MR) is 74.3 cm³/mol. The summed E-state index contributed by atoms with van der Waals surface area (Å²) in [6.07, 6.45) is 4.18. The van der Waals surface area contributed by atoms with Gasteiger partial charge in [-0.05, 0) is 50.9 Å². The highest BCUT2D eigenvalue weighted by atomic mass is 79.9. The first-order valence-corrected chi connectivity index (χ1v) is 7.05. The number of aryl methyl sites for hydroxylation is 2. The number of hydrogen-bond acceptors (Lipinski definition) is 0. The van der Waals surface area contributed by atoms with Gasteiger partial charge >= 0.3 is 0 Å². The highest BCUT2D eigenvalue weighted by Gasteiger charge is 2.20. The molecule has 0 aliphatic rings. The molecule has 0 saturated carbocycles. The van der Waals surface area contributed by atoms with Gasteiger partial charge in [-0.25, -0.2) is 0 Å². The van der Waals surface area contributed by atoms with Crippen LogP contribution in [0.15, 0.2) is 45.6 Å². The number of rotatable bonds is 2. The average Bonchev–Trinajstić information content (AvgIpc) is 2.30. The van der Waals surface area contributed by atoms with E-state index < -0.39 is 0 Å². The van der Waals surface area contributed by atoms with E-state index in [9.17, 15) is 0 Å². The minimum absolute atomic E-state index is 0.949. The van der Waals surface area contributed by atoms with Gasteiger partial charge in [-0.15, -0.1) is 0 Å². The van der Waals surface area contributed by atoms with Crippen molar-refractivity contribution in [2.45, 2.75) is 13.5 Å². The molecule has 0 radical (unpaired) electrons. The molecule has 0 saturated heterocycles. The van der Waals surface area contributed by atoms with E-state index in [1.54, 1.807) is 0 Å². The van der Waals surface area contributed by atoms with Gasteiger partial charge in [0.15, 0.2) is 12.4 Å². The van der Waals surface area contributed by atoms with Crippen LogP contribution in [0.2, 0.25) is 0 Å². The van der Waals surface area contributed by atoms with E-state index in [1.165, 1.54) is 11.4 Å². The molecule has 17 heavy (non-hydrogen) atoms. The van der Waals surface area contributed by atoms with Crippen molar-refractivity contribution >= 4 is 31.9 Å². The Bertz CT molecular complexity index is 553. The van der Waals surface area contributed by atoms with Gasteiger partial charge in [-0.3, -0.25) is 0 Å². The van der Waals surface area contributed by atoms with E-state index in [0.717, 1.165) is 15.5 Å². The monoisotopic (exact) mass is 356 g/mol. The molecule has 2 nitrogen and oxygen atoms in total. The zero-order chi connectivity index (χ0) is 12.4. The molecule has 0 aromatic carbocycles. The maximum Gasteiger partial charge on any atom is 0.277 e. The molecule has 0 aliphatic carbocycles. The molecule has 0 amide bonds. The first kappa shape index (κ1) is 12.7. The van der Waals surface area contributed by atoms with Crippen LogP contribution in [0.3, 0.4) is 0 Å². The van der Waals surface area contributed by atoms with Crippen molar-refractivity contribution < 1.29 is 9.13 Å². The lowest BCUT2D eigenvalue weighted by Gasteiger charge is -2.01. The van der Waals surface area contributed by atoms with E-state index in [0.29, 0.717) is 0 Å². The second-order valence-electron chi connectivity index (χ2n) is 3.86. The quantitative estimate of drug-likeness (QED) is 0.730. The first-order chi connectivity index (χ1) is 8.11. The molecule has 88 valence electrons. The molecular formula is C13H14Br2N2+2. The Labute approximate surface area is 118 Å². The third kappa shape index (κ3) is 2.75. The number of nitrogens with zero attached hydrogens (tertiary/aromatic N) is 2. The molecule has 2 aromatic heterocycles. The van der Waals surface area contributed by atoms with E-state index >= 15 is 0 Å². The second kappa shape index (κ2) is 5.27. The Morgan fingerprint density at radius 3 is 2.12 bits per heavy atom. The molecule has 0 bridgehead atoms. The Morgan fingerprint density at radius 1 is 0.941 bits per heavy atom. The lowest BCUT2D eigenvalue weighted by Crippen LogP contribution is -2.40. The van der Waals surface area contributed by atoms with Crippen LogP contribution in [0.4, 0.5) is 0 Å². The van der Waals surface area contributed by atoms with Crippen molar-refractivity contribution in [2.75, 3.05) is 0 Å². The number of aromatic nitrogens is 2. The lowest BCUT2D eigenvalue weighted by atomic mass is 10.2. The smallest absolute Gasteiger partial charge is 0.195 e. The summed E-state index contributed by atoms with van der Waals surface area (Å²) < 4.78 is 6.54. The Kier molecular flexibility index (Phi) is 3.94. The molecule has 2 aromatic rings. The van der Waals surface area contributed by atoms with Crippen molar-refractivity contribution in [3.05, 3.63) is 45.6 Å². The Balaban J connectivity index is 2.60. The molecule has 0 N–H and O–H groups in total. The van der Waals surface area contributed by atoms with Gasteiger partial charge in [-0.1, -0.05) is 0 Å². The largest absolute Gasteiger partial charge is 0.277 e. The van der Waals surface area contributed by atoms with Gasteiger partial charge in [0, 0.05) is 12.1 Å². The van der Waals surface area contributed by atoms with Crippen LogP contribution in [-0.2, 0) is 13.6 Å². The predicted octanol–water partition coefficient (Wildman–Crippen LogP) is 3.01. The fraction of sp³-hybridized carbons (Fsp3) is 0.231. The fourth-order valence-corrected chi connectivity index (χ4v) is 2.67. The van der Waals surface area contributed by atoms with E-state index in [2.05, 4.69) is 91.6 Å². The van der Waals surface area contributed by atoms with Gasteiger partial charge in [0.1, 0.15) is 13.6 Å². The van der Waals surface area contributed by atoms with Gasteiger partial charge in [-0.2, -0.15) is 9.13 Å². The Hall–Kier alpha value is -0.740. The Morgan fingerprint density at radius 2 is 1.53 bits per heavy atom. The van der Waals surface area contributed by atoms with E-state index in [1.807, 2.05) is 0 Å². The highest BCUT2D eigenvalue weighted by Crippen LogP contribution is 2.16. The van der Waals surface area contributed by atoms with Crippen molar-refractivity contribution in [1.82, 2.24) is 0 Å². The maximum atomic E-state index is 3.50. The standard InChI is InChI=1S/C13H14Br2N2/c1-3-17-9-11(15)5-7-13(17)12-6-4-10(14)8-16(12)2/h4-9H,3H2,1-2H3/q+2. The van der Waals surface area contributed by atoms with Gasteiger partial charge in [0.05, 0.1) is 8.95 Å². The zero-order valence-corrected chi connectivity index (χ0v) is 13.0. The summed E-state index contributed by atoms with van der Waals surface area (Å²) in [5, 5.41) is 0. The van der Waals surface area contributed by atoms with Crippen molar-refractivity contribution in [3.8, 4) is 11.4 Å². The summed E-state index contributed by atoms with van der Waals surface area (Å²) in [5.74, 6) is 0. The van der Waals surface area contributed by atoms with Crippen LogP contribution in [0.1, 0.15) is 6.92 Å². The summed E-state index contributed by atoms with van der Waals surface area (Å²) in [4.78, 5) is 0. The normalized spacial score (nSPS) is 10.6. The zero-order valence-electron chi connectivity index (χ0n) is 9.82. The third-order valence-electron chi connectivity index (χ3n) is 2.69. The summed E-state index contributed by atoms with van der Waals surface area (Å²) in [7, 11) is 2.06. The molecule has 0 atom stereocenters. The van der Waals surface area contributed by atoms with Crippen LogP contribution in [0.5, 0.6) is 0 Å². The first-order valence-electron chi connectivity index (χ1n) is 5.46. The third-order valence-corrected chi connectivity index (χ3v) is 3.63. The van der Waals surface area contributed by atoms with Crippen molar-refractivity contribution in [1.29, 1.82) is 0 Å². The highest BCUT2D eigenvalue weighted by molar-refractivity contribution is 9.10. The summed E-state index contributed by atoms with van der Waals surface area (Å²) in [6, 6.07) is 8.40. The van der Waals surface area contributed by atoms with Gasteiger partial charge < -0.3 is 0 Å². The SMILES string of the molecule is CC[n+]1cc(Br)ccc1-c1ccc(Br)c[n+]1C. The van der Waals surface area contributed by atoms with E-state index in [4.69, 9.17) is 0 Å². The van der Waals surface area contributed by atoms with Crippen molar-refractivity contribution in [3.63, 3.8) is 0 Å².